The van der Waals surface area contributed by atoms with E-state index in [9.17, 15) is 15.0 Å². The molecular weight excluding hydrogens is 312 g/mol. The van der Waals surface area contributed by atoms with Gasteiger partial charge in [0.05, 0.1) is 12.3 Å². The van der Waals surface area contributed by atoms with E-state index in [0.717, 1.165) is 5.56 Å². The molecule has 2 atom stereocenters. The zero-order valence-corrected chi connectivity index (χ0v) is 13.0. The molecule has 1 amide bonds. The lowest BCUT2D eigenvalue weighted by Gasteiger charge is -2.18. The van der Waals surface area contributed by atoms with Crippen molar-refractivity contribution in [3.05, 3.63) is 65.5 Å². The first kappa shape index (κ1) is 17.9. The average Bonchev–Trinajstić information content (AvgIpc) is 2.64. The maximum atomic E-state index is 11.6. The number of aromatic nitrogens is 1. The fourth-order valence-corrected chi connectivity index (χ4v) is 2.03. The summed E-state index contributed by atoms with van der Waals surface area (Å²) in [5.41, 5.74) is 1.63. The van der Waals surface area contributed by atoms with Gasteiger partial charge in [-0.15, -0.1) is 0 Å². The van der Waals surface area contributed by atoms with Gasteiger partial charge in [-0.25, -0.2) is 4.79 Å². The van der Waals surface area contributed by atoms with Crippen LogP contribution >= 0.6 is 0 Å². The number of rotatable bonds is 7. The van der Waals surface area contributed by atoms with Crippen molar-refractivity contribution in [1.29, 1.82) is 0 Å². The van der Waals surface area contributed by atoms with Crippen molar-refractivity contribution < 1.29 is 24.9 Å². The van der Waals surface area contributed by atoms with Gasteiger partial charge in [-0.05, 0) is 23.3 Å². The van der Waals surface area contributed by atoms with Gasteiger partial charge in [0.2, 0.25) is 0 Å². The van der Waals surface area contributed by atoms with E-state index < -0.39 is 18.3 Å². The van der Waals surface area contributed by atoms with Crippen LogP contribution in [0.3, 0.4) is 0 Å². The Balaban J connectivity index is 1.79. The maximum Gasteiger partial charge on any atom is 0.407 e. The van der Waals surface area contributed by atoms with Crippen molar-refractivity contribution in [2.75, 3.05) is 6.54 Å². The second kappa shape index (κ2) is 8.97. The molecule has 0 saturated carbocycles. The van der Waals surface area contributed by atoms with Crippen molar-refractivity contribution in [3.63, 3.8) is 0 Å². The van der Waals surface area contributed by atoms with E-state index in [-0.39, 0.29) is 25.5 Å². The van der Waals surface area contributed by atoms with Gasteiger partial charge in [0.25, 0.3) is 0 Å². The summed E-state index contributed by atoms with van der Waals surface area (Å²) in [5, 5.41) is 31.4. The van der Waals surface area contributed by atoms with Gasteiger partial charge in [-0.1, -0.05) is 30.3 Å². The van der Waals surface area contributed by atoms with Gasteiger partial charge in [0.1, 0.15) is 18.8 Å². The van der Waals surface area contributed by atoms with Crippen LogP contribution in [0.15, 0.2) is 48.7 Å². The molecule has 1 aromatic carbocycles. The van der Waals surface area contributed by atoms with Gasteiger partial charge in [0.15, 0.2) is 0 Å². The number of amides is 1. The first-order valence-electron chi connectivity index (χ1n) is 7.46. The fraction of sp³-hybridized carbons (Fsp3) is 0.294. The second-order valence-electron chi connectivity index (χ2n) is 5.20. The number of benzene rings is 1. The number of carbonyl (C=O) groups excluding carboxylic acids is 1. The lowest BCUT2D eigenvalue weighted by atomic mass is 10.1. The molecule has 24 heavy (non-hydrogen) atoms. The third kappa shape index (κ3) is 5.31. The van der Waals surface area contributed by atoms with Gasteiger partial charge >= 0.3 is 6.09 Å². The Morgan fingerprint density at radius 3 is 2.62 bits per heavy atom. The highest BCUT2D eigenvalue weighted by molar-refractivity contribution is 5.67. The van der Waals surface area contributed by atoms with Crippen LogP contribution in [0.5, 0.6) is 0 Å². The molecule has 1 heterocycles. The molecule has 128 valence electrons. The highest BCUT2D eigenvalue weighted by Gasteiger charge is 2.20. The summed E-state index contributed by atoms with van der Waals surface area (Å²) < 4.78 is 5.01. The molecule has 2 aromatic rings. The Morgan fingerprint density at radius 1 is 1.17 bits per heavy atom. The van der Waals surface area contributed by atoms with E-state index in [1.54, 1.807) is 6.07 Å². The van der Waals surface area contributed by atoms with Crippen LogP contribution in [0, 0.1) is 0 Å². The number of carbonyl (C=O) groups is 1. The maximum absolute atomic E-state index is 11.6. The molecular formula is C17H20N2O5. The number of pyridine rings is 1. The molecule has 2 unspecified atom stereocenters. The topological polar surface area (TPSA) is 112 Å². The molecule has 0 bridgehead atoms. The van der Waals surface area contributed by atoms with Crippen molar-refractivity contribution in [2.45, 2.75) is 25.4 Å². The molecule has 4 N–H and O–H groups in total. The van der Waals surface area contributed by atoms with E-state index >= 15 is 0 Å². The number of alkyl carbamates (subject to hydrolysis) is 1. The average molecular weight is 332 g/mol. The van der Waals surface area contributed by atoms with Crippen LogP contribution in [-0.4, -0.2) is 39.0 Å². The second-order valence-corrected chi connectivity index (χ2v) is 5.20. The van der Waals surface area contributed by atoms with Gasteiger partial charge in [-0.3, -0.25) is 4.98 Å². The Bertz CT molecular complexity index is 650. The number of aliphatic hydroxyl groups is 3. The van der Waals surface area contributed by atoms with Crippen LogP contribution in [0.25, 0.3) is 0 Å². The van der Waals surface area contributed by atoms with Crippen LogP contribution in [0.2, 0.25) is 0 Å². The summed E-state index contributed by atoms with van der Waals surface area (Å²) in [6.45, 7) is -0.270. The van der Waals surface area contributed by atoms with E-state index in [2.05, 4.69) is 10.3 Å². The highest BCUT2D eigenvalue weighted by Crippen LogP contribution is 2.15. The minimum Gasteiger partial charge on any atom is -0.445 e. The molecule has 0 spiro atoms. The van der Waals surface area contributed by atoms with Crippen LogP contribution in [0.1, 0.15) is 22.9 Å². The normalized spacial score (nSPS) is 13.1. The molecule has 0 aliphatic rings. The summed E-state index contributed by atoms with van der Waals surface area (Å²) in [6.07, 6.45) is -1.80. The number of ether oxygens (including phenoxy) is 1. The van der Waals surface area contributed by atoms with Gasteiger partial charge in [-0.2, -0.15) is 0 Å². The summed E-state index contributed by atoms with van der Waals surface area (Å²) >= 11 is 0. The summed E-state index contributed by atoms with van der Waals surface area (Å²) in [4.78, 5) is 15.6. The molecule has 7 heteroatoms. The Kier molecular flexibility index (Phi) is 6.68. The third-order valence-corrected chi connectivity index (χ3v) is 3.36. The van der Waals surface area contributed by atoms with Gasteiger partial charge in [0, 0.05) is 12.7 Å². The molecule has 2 rings (SSSR count). The molecule has 0 saturated heterocycles. The highest BCUT2D eigenvalue weighted by atomic mass is 16.5. The quantitative estimate of drug-likeness (QED) is 0.599. The minimum absolute atomic E-state index is 0.116. The first-order chi connectivity index (χ1) is 11.6. The predicted molar refractivity (Wildman–Crippen MR) is 85.8 cm³/mol. The van der Waals surface area contributed by atoms with Crippen molar-refractivity contribution >= 4 is 6.09 Å². The molecule has 7 nitrogen and oxygen atoms in total. The minimum atomic E-state index is -1.29. The van der Waals surface area contributed by atoms with Crippen molar-refractivity contribution in [2.24, 2.45) is 0 Å². The smallest absolute Gasteiger partial charge is 0.407 e. The SMILES string of the molecule is O=C(NCC(O)C(O)c1cc(CO)ccn1)OCc1ccccc1. The summed E-state index contributed by atoms with van der Waals surface area (Å²) in [6, 6.07) is 12.3. The van der Waals surface area contributed by atoms with Gasteiger partial charge < -0.3 is 25.4 Å². The summed E-state index contributed by atoms with van der Waals surface area (Å²) in [5.74, 6) is 0. The zero-order valence-electron chi connectivity index (χ0n) is 13.0. The first-order valence-corrected chi connectivity index (χ1v) is 7.46. The van der Waals surface area contributed by atoms with Crippen LogP contribution < -0.4 is 5.32 Å². The molecule has 0 aliphatic heterocycles. The van der Waals surface area contributed by atoms with E-state index in [1.807, 2.05) is 30.3 Å². The number of hydrogen-bond donors (Lipinski definition) is 4. The Hall–Kier alpha value is -2.48. The standard InChI is InChI=1S/C17H20N2O5/c20-10-13-6-7-18-14(8-13)16(22)15(21)9-19-17(23)24-11-12-4-2-1-3-5-12/h1-8,15-16,20-22H,9-11H2,(H,19,23). The van der Waals surface area contributed by atoms with Crippen LogP contribution in [-0.2, 0) is 18.0 Å². The number of hydrogen-bond acceptors (Lipinski definition) is 6. The monoisotopic (exact) mass is 332 g/mol. The third-order valence-electron chi connectivity index (χ3n) is 3.36. The molecule has 1 aromatic heterocycles. The zero-order chi connectivity index (χ0) is 17.4. The molecule has 0 fully saturated rings. The van der Waals surface area contributed by atoms with E-state index in [1.165, 1.54) is 12.3 Å². The van der Waals surface area contributed by atoms with E-state index in [0.29, 0.717) is 5.56 Å². The number of aliphatic hydroxyl groups excluding tert-OH is 3. The lowest BCUT2D eigenvalue weighted by molar-refractivity contribution is 0.0158. The fourth-order valence-electron chi connectivity index (χ4n) is 2.03. The predicted octanol–water partition coefficient (Wildman–Crippen LogP) is 0.895. The summed E-state index contributed by atoms with van der Waals surface area (Å²) in [7, 11) is 0. The van der Waals surface area contributed by atoms with Crippen LogP contribution in [0.4, 0.5) is 4.79 Å². The Labute approximate surface area is 139 Å². The largest absolute Gasteiger partial charge is 0.445 e. The molecule has 0 aliphatic carbocycles. The van der Waals surface area contributed by atoms with E-state index in [4.69, 9.17) is 9.84 Å². The van der Waals surface area contributed by atoms with Crippen molar-refractivity contribution in [1.82, 2.24) is 10.3 Å². The molecule has 0 radical (unpaired) electrons. The number of nitrogens with zero attached hydrogens (tertiary/aromatic N) is 1. The Morgan fingerprint density at radius 2 is 1.92 bits per heavy atom. The lowest BCUT2D eigenvalue weighted by Crippen LogP contribution is -2.36. The van der Waals surface area contributed by atoms with Crippen molar-refractivity contribution in [3.8, 4) is 0 Å². The number of nitrogens with one attached hydrogen (secondary N) is 1.